The highest BCUT2D eigenvalue weighted by Gasteiger charge is 2.32. The highest BCUT2D eigenvalue weighted by atomic mass is 19.4. The average Bonchev–Trinajstić information content (AvgIpc) is 2.78. The van der Waals surface area contributed by atoms with Gasteiger partial charge in [0.05, 0.1) is 13.7 Å². The van der Waals surface area contributed by atoms with Crippen molar-refractivity contribution in [3.05, 3.63) is 48.0 Å². The number of carbonyl (C=O) groups is 1. The number of aryl methyl sites for hydroxylation is 1. The monoisotopic (exact) mass is 449 g/mol. The Bertz CT molecular complexity index is 942. The SMILES string of the molecule is COc1ccc(N2CCN(C(=O)CN3CCCc4cc(OC(F)(F)F)ccc43)CC2)cc1. The predicted octanol–water partition coefficient (Wildman–Crippen LogP) is 3.70. The lowest BCUT2D eigenvalue weighted by molar-refractivity contribution is -0.274. The summed E-state index contributed by atoms with van der Waals surface area (Å²) in [6.45, 7) is 3.66. The van der Waals surface area contributed by atoms with Crippen LogP contribution in [0.15, 0.2) is 42.5 Å². The number of anilines is 2. The zero-order chi connectivity index (χ0) is 22.7. The number of hydrogen-bond acceptors (Lipinski definition) is 5. The molecule has 2 aromatic rings. The number of fused-ring (bicyclic) bond motifs is 1. The molecule has 1 saturated heterocycles. The molecule has 0 saturated carbocycles. The molecule has 0 radical (unpaired) electrons. The Kier molecular flexibility index (Phi) is 6.34. The van der Waals surface area contributed by atoms with Crippen LogP contribution in [0.5, 0.6) is 11.5 Å². The van der Waals surface area contributed by atoms with E-state index in [0.29, 0.717) is 26.1 Å². The van der Waals surface area contributed by atoms with Crippen molar-refractivity contribution in [2.24, 2.45) is 0 Å². The second kappa shape index (κ2) is 9.18. The summed E-state index contributed by atoms with van der Waals surface area (Å²) >= 11 is 0. The minimum atomic E-state index is -4.72. The van der Waals surface area contributed by atoms with Gasteiger partial charge in [-0.15, -0.1) is 13.2 Å². The largest absolute Gasteiger partial charge is 0.573 e. The summed E-state index contributed by atoms with van der Waals surface area (Å²) in [5.74, 6) is 0.614. The minimum absolute atomic E-state index is 0.0304. The third-order valence-corrected chi connectivity index (χ3v) is 5.90. The van der Waals surface area contributed by atoms with E-state index in [0.717, 1.165) is 42.2 Å². The normalized spacial score (nSPS) is 16.6. The Morgan fingerprint density at radius 1 is 0.969 bits per heavy atom. The van der Waals surface area contributed by atoms with E-state index in [1.807, 2.05) is 34.1 Å². The molecular weight excluding hydrogens is 423 g/mol. The Balaban J connectivity index is 1.35. The molecule has 32 heavy (non-hydrogen) atoms. The van der Waals surface area contributed by atoms with Crippen LogP contribution in [0.1, 0.15) is 12.0 Å². The lowest BCUT2D eigenvalue weighted by Gasteiger charge is -2.38. The number of methoxy groups -OCH3 is 1. The number of hydrogen-bond donors (Lipinski definition) is 0. The molecular formula is C23H26F3N3O3. The van der Waals surface area contributed by atoms with Gasteiger partial charge in [0, 0.05) is 44.1 Å². The fourth-order valence-corrected chi connectivity index (χ4v) is 4.28. The fraction of sp³-hybridized carbons (Fsp3) is 0.435. The van der Waals surface area contributed by atoms with E-state index in [1.54, 1.807) is 13.2 Å². The van der Waals surface area contributed by atoms with Crippen LogP contribution in [-0.4, -0.2) is 63.5 Å². The van der Waals surface area contributed by atoms with Gasteiger partial charge in [-0.25, -0.2) is 0 Å². The van der Waals surface area contributed by atoms with Crippen molar-refractivity contribution in [1.29, 1.82) is 0 Å². The molecule has 0 N–H and O–H groups in total. The molecule has 0 unspecified atom stereocenters. The first-order valence-electron chi connectivity index (χ1n) is 10.6. The molecule has 0 spiro atoms. The third-order valence-electron chi connectivity index (χ3n) is 5.90. The van der Waals surface area contributed by atoms with Gasteiger partial charge in [-0.05, 0) is 60.9 Å². The fourth-order valence-electron chi connectivity index (χ4n) is 4.28. The van der Waals surface area contributed by atoms with E-state index in [1.165, 1.54) is 12.1 Å². The maximum atomic E-state index is 12.9. The molecule has 6 nitrogen and oxygen atoms in total. The molecule has 0 bridgehead atoms. The first-order chi connectivity index (χ1) is 15.3. The van der Waals surface area contributed by atoms with Gasteiger partial charge >= 0.3 is 6.36 Å². The second-order valence-corrected chi connectivity index (χ2v) is 7.93. The van der Waals surface area contributed by atoms with Crippen LogP contribution in [0.2, 0.25) is 0 Å². The molecule has 2 aliphatic rings. The maximum absolute atomic E-state index is 12.9. The summed E-state index contributed by atoms with van der Waals surface area (Å²) in [6.07, 6.45) is -3.27. The average molecular weight is 449 g/mol. The van der Waals surface area contributed by atoms with Crippen LogP contribution in [0, 0.1) is 0 Å². The van der Waals surface area contributed by atoms with E-state index >= 15 is 0 Å². The number of piperazine rings is 1. The zero-order valence-corrected chi connectivity index (χ0v) is 17.9. The zero-order valence-electron chi connectivity index (χ0n) is 17.9. The number of rotatable bonds is 5. The summed E-state index contributed by atoms with van der Waals surface area (Å²) in [5.41, 5.74) is 2.67. The van der Waals surface area contributed by atoms with Crippen molar-refractivity contribution < 1.29 is 27.4 Å². The highest BCUT2D eigenvalue weighted by Crippen LogP contribution is 2.32. The third kappa shape index (κ3) is 5.20. The van der Waals surface area contributed by atoms with Crippen molar-refractivity contribution in [2.75, 3.05) is 56.2 Å². The van der Waals surface area contributed by atoms with Crippen LogP contribution in [0.25, 0.3) is 0 Å². The molecule has 4 rings (SSSR count). The maximum Gasteiger partial charge on any atom is 0.573 e. The molecule has 9 heteroatoms. The van der Waals surface area contributed by atoms with Crippen LogP contribution in [0.3, 0.4) is 0 Å². The molecule has 0 aromatic heterocycles. The number of ether oxygens (including phenoxy) is 2. The molecule has 1 fully saturated rings. The molecule has 0 aliphatic carbocycles. The van der Waals surface area contributed by atoms with Crippen molar-refractivity contribution >= 4 is 17.3 Å². The van der Waals surface area contributed by atoms with Crippen LogP contribution in [-0.2, 0) is 11.2 Å². The minimum Gasteiger partial charge on any atom is -0.497 e. The lowest BCUT2D eigenvalue weighted by atomic mass is 10.0. The molecule has 2 heterocycles. The first-order valence-corrected chi connectivity index (χ1v) is 10.6. The smallest absolute Gasteiger partial charge is 0.497 e. The van der Waals surface area contributed by atoms with Gasteiger partial charge in [0.25, 0.3) is 0 Å². The predicted molar refractivity (Wildman–Crippen MR) is 115 cm³/mol. The van der Waals surface area contributed by atoms with Crippen LogP contribution < -0.4 is 19.3 Å². The Hall–Kier alpha value is -3.10. The van der Waals surface area contributed by atoms with E-state index in [9.17, 15) is 18.0 Å². The van der Waals surface area contributed by atoms with Gasteiger partial charge in [-0.2, -0.15) is 0 Å². The molecule has 2 aromatic carbocycles. The van der Waals surface area contributed by atoms with Crippen LogP contribution in [0.4, 0.5) is 24.5 Å². The first kappa shape index (κ1) is 22.1. The summed E-state index contributed by atoms with van der Waals surface area (Å²) in [4.78, 5) is 19.0. The standard InChI is InChI=1S/C23H26F3N3O3/c1-31-19-6-4-18(5-7-19)27-11-13-28(14-12-27)22(30)16-29-10-2-3-17-15-20(8-9-21(17)29)32-23(24,25)26/h4-9,15H,2-3,10-14,16H2,1H3. The number of benzene rings is 2. The molecule has 2 aliphatic heterocycles. The van der Waals surface area contributed by atoms with Gasteiger partial charge in [0.2, 0.25) is 5.91 Å². The van der Waals surface area contributed by atoms with E-state index < -0.39 is 6.36 Å². The summed E-state index contributed by atoms with van der Waals surface area (Å²) in [6, 6.07) is 12.2. The van der Waals surface area contributed by atoms with Crippen LogP contribution >= 0.6 is 0 Å². The van der Waals surface area contributed by atoms with Gasteiger partial charge in [0.15, 0.2) is 0 Å². The quantitative estimate of drug-likeness (QED) is 0.697. The van der Waals surface area contributed by atoms with Gasteiger partial charge in [-0.3, -0.25) is 4.79 Å². The van der Waals surface area contributed by atoms with Gasteiger partial charge in [-0.1, -0.05) is 0 Å². The molecule has 1 amide bonds. The highest BCUT2D eigenvalue weighted by molar-refractivity contribution is 5.82. The van der Waals surface area contributed by atoms with E-state index in [2.05, 4.69) is 9.64 Å². The van der Waals surface area contributed by atoms with Crippen molar-refractivity contribution in [1.82, 2.24) is 4.90 Å². The Morgan fingerprint density at radius 2 is 1.66 bits per heavy atom. The number of alkyl halides is 3. The van der Waals surface area contributed by atoms with E-state index in [4.69, 9.17) is 4.74 Å². The summed E-state index contributed by atoms with van der Waals surface area (Å²) in [7, 11) is 1.63. The van der Waals surface area contributed by atoms with Gasteiger partial charge in [0.1, 0.15) is 11.5 Å². The summed E-state index contributed by atoms with van der Waals surface area (Å²) < 4.78 is 46.7. The molecule has 172 valence electrons. The van der Waals surface area contributed by atoms with E-state index in [-0.39, 0.29) is 18.2 Å². The Morgan fingerprint density at radius 3 is 2.31 bits per heavy atom. The second-order valence-electron chi connectivity index (χ2n) is 7.93. The van der Waals surface area contributed by atoms with Crippen molar-refractivity contribution in [3.63, 3.8) is 0 Å². The number of nitrogens with zero attached hydrogens (tertiary/aromatic N) is 3. The van der Waals surface area contributed by atoms with Gasteiger partial charge < -0.3 is 24.2 Å². The Labute approximate surface area is 185 Å². The number of amides is 1. The summed E-state index contributed by atoms with van der Waals surface area (Å²) in [5, 5.41) is 0. The lowest BCUT2D eigenvalue weighted by Crippen LogP contribution is -2.51. The van der Waals surface area contributed by atoms with Crippen molar-refractivity contribution in [2.45, 2.75) is 19.2 Å². The number of halogens is 3. The molecule has 0 atom stereocenters. The topological polar surface area (TPSA) is 45.2 Å². The van der Waals surface area contributed by atoms with Crippen molar-refractivity contribution in [3.8, 4) is 11.5 Å². The number of carbonyl (C=O) groups excluding carboxylic acids is 1.